The van der Waals surface area contributed by atoms with Crippen molar-refractivity contribution in [1.82, 2.24) is 0 Å². The van der Waals surface area contributed by atoms with Crippen molar-refractivity contribution < 1.29 is 26.9 Å². The first kappa shape index (κ1) is 16.8. The lowest BCUT2D eigenvalue weighted by atomic mass is 10.3. The lowest BCUT2D eigenvalue weighted by molar-refractivity contribution is -0.132. The molecule has 1 N–H and O–H groups in total. The number of carbonyl (C=O) groups is 1. The molecule has 0 unspecified atom stereocenters. The van der Waals surface area contributed by atoms with Gasteiger partial charge in [-0.05, 0) is 67.8 Å². The van der Waals surface area contributed by atoms with E-state index in [4.69, 9.17) is 9.29 Å². The third-order valence-corrected chi connectivity index (χ3v) is 6.35. The summed E-state index contributed by atoms with van der Waals surface area (Å²) in [7, 11) is -4.61. The maximum Gasteiger partial charge on any atom is 0.308 e. The van der Waals surface area contributed by atoms with E-state index >= 15 is 0 Å². The number of hydrogen-bond acceptors (Lipinski definition) is 4. The fourth-order valence-electron chi connectivity index (χ4n) is 1.05. The number of halogens is 4. The molecule has 1 aromatic rings. The van der Waals surface area contributed by atoms with Gasteiger partial charge in [0.05, 0.1) is 10.7 Å². The molecule has 0 aromatic heterocycles. The average Bonchev–Trinajstić information content (AvgIpc) is 2.19. The second-order valence-electron chi connectivity index (χ2n) is 2.98. The fourth-order valence-corrected chi connectivity index (χ4v) is 6.74. The van der Waals surface area contributed by atoms with Crippen molar-refractivity contribution in [3.05, 3.63) is 16.5 Å². The Kier molecular flexibility index (Phi) is 5.60. The van der Waals surface area contributed by atoms with E-state index in [1.165, 1.54) is 22.6 Å². The van der Waals surface area contributed by atoms with E-state index in [2.05, 4.69) is 0 Å². The smallest absolute Gasteiger partial charge is 0.308 e. The van der Waals surface area contributed by atoms with Crippen LogP contribution in [-0.4, -0.2) is 18.9 Å². The van der Waals surface area contributed by atoms with Gasteiger partial charge in [0.2, 0.25) is 0 Å². The Hall–Kier alpha value is 0.720. The molecule has 18 heavy (non-hydrogen) atoms. The van der Waals surface area contributed by atoms with Gasteiger partial charge in [-0.25, -0.2) is 4.39 Å². The summed E-state index contributed by atoms with van der Waals surface area (Å²) in [5, 5.41) is 0. The first-order valence-electron chi connectivity index (χ1n) is 4.09. The first-order valence-corrected chi connectivity index (χ1v) is 8.76. The van der Waals surface area contributed by atoms with Gasteiger partial charge in [-0.2, -0.15) is 8.42 Å². The normalized spacial score (nSPS) is 11.4. The van der Waals surface area contributed by atoms with Crippen LogP contribution >= 0.6 is 67.8 Å². The molecule has 0 saturated carbocycles. The van der Waals surface area contributed by atoms with Gasteiger partial charge < -0.3 is 4.74 Å². The Labute approximate surface area is 143 Å². The molecule has 0 aliphatic heterocycles. The van der Waals surface area contributed by atoms with Crippen molar-refractivity contribution in [2.75, 3.05) is 0 Å². The van der Waals surface area contributed by atoms with Crippen molar-refractivity contribution in [3.8, 4) is 5.75 Å². The van der Waals surface area contributed by atoms with Crippen LogP contribution in [0.15, 0.2) is 4.90 Å². The standard InChI is InChI=1S/C8H4FI3O5S/c1-2(13)17-7-4(10)3(9)5(11)8(6(7)12)18(14,15)16/h1H3,(H,14,15,16). The molecule has 0 aliphatic rings. The van der Waals surface area contributed by atoms with Gasteiger partial charge in [-0.1, -0.05) is 0 Å². The summed E-state index contributed by atoms with van der Waals surface area (Å²) in [6.45, 7) is 1.11. The predicted octanol–water partition coefficient (Wildman–Crippen LogP) is 2.81. The summed E-state index contributed by atoms with van der Waals surface area (Å²) in [6.07, 6.45) is 0. The zero-order valence-corrected chi connectivity index (χ0v) is 15.8. The van der Waals surface area contributed by atoms with E-state index in [-0.39, 0.29) is 16.5 Å². The predicted molar refractivity (Wildman–Crippen MR) is 85.7 cm³/mol. The average molecular weight is 612 g/mol. The van der Waals surface area contributed by atoms with Gasteiger partial charge in [0, 0.05) is 6.92 Å². The second kappa shape index (κ2) is 6.01. The van der Waals surface area contributed by atoms with E-state index in [0.29, 0.717) is 0 Å². The molecule has 0 atom stereocenters. The van der Waals surface area contributed by atoms with Crippen molar-refractivity contribution in [3.63, 3.8) is 0 Å². The molecular weight excluding hydrogens is 608 g/mol. The molecular formula is C8H4FI3O5S. The molecule has 1 rings (SSSR count). The highest BCUT2D eigenvalue weighted by atomic mass is 127. The minimum atomic E-state index is -4.61. The zero-order chi connectivity index (χ0) is 14.2. The van der Waals surface area contributed by atoms with E-state index in [1.807, 2.05) is 0 Å². The Bertz CT molecular complexity index is 628. The molecule has 5 nitrogen and oxygen atoms in total. The van der Waals surface area contributed by atoms with E-state index in [0.717, 1.165) is 6.92 Å². The number of ether oxygens (including phenoxy) is 1. The summed E-state index contributed by atoms with van der Waals surface area (Å²) in [6, 6.07) is 0. The Balaban J connectivity index is 3.76. The Morgan fingerprint density at radius 3 is 2.11 bits per heavy atom. The Morgan fingerprint density at radius 1 is 1.22 bits per heavy atom. The number of esters is 1. The van der Waals surface area contributed by atoms with E-state index in [1.54, 1.807) is 45.2 Å². The fraction of sp³-hybridized carbons (Fsp3) is 0.125. The number of hydrogen-bond donors (Lipinski definition) is 1. The molecule has 0 amide bonds. The molecule has 0 spiro atoms. The highest BCUT2D eigenvalue weighted by Gasteiger charge is 2.29. The highest BCUT2D eigenvalue weighted by molar-refractivity contribution is 14.1. The molecule has 1 aromatic carbocycles. The summed E-state index contributed by atoms with van der Waals surface area (Å²) in [4.78, 5) is 10.3. The van der Waals surface area contributed by atoms with Crippen LogP contribution in [0.3, 0.4) is 0 Å². The van der Waals surface area contributed by atoms with E-state index < -0.39 is 26.8 Å². The van der Waals surface area contributed by atoms with Gasteiger partial charge in [0.25, 0.3) is 10.1 Å². The van der Waals surface area contributed by atoms with Gasteiger partial charge in [-0.15, -0.1) is 0 Å². The molecule has 0 aliphatic carbocycles. The monoisotopic (exact) mass is 612 g/mol. The minimum absolute atomic E-state index is 0.0241. The molecule has 0 bridgehead atoms. The van der Waals surface area contributed by atoms with Crippen LogP contribution in [0.25, 0.3) is 0 Å². The molecule has 0 heterocycles. The third-order valence-electron chi connectivity index (χ3n) is 1.69. The van der Waals surface area contributed by atoms with Crippen LogP contribution in [0.1, 0.15) is 6.92 Å². The van der Waals surface area contributed by atoms with E-state index in [9.17, 15) is 17.6 Å². The molecule has 0 radical (unpaired) electrons. The minimum Gasteiger partial charge on any atom is -0.424 e. The highest BCUT2D eigenvalue weighted by Crippen LogP contribution is 2.38. The number of rotatable bonds is 2. The van der Waals surface area contributed by atoms with Crippen LogP contribution in [0.2, 0.25) is 0 Å². The first-order chi connectivity index (χ1) is 8.07. The summed E-state index contributed by atoms with van der Waals surface area (Å²) >= 11 is 4.64. The quantitative estimate of drug-likeness (QED) is 0.139. The second-order valence-corrected chi connectivity index (χ2v) is 7.58. The third kappa shape index (κ3) is 3.43. The summed E-state index contributed by atoms with van der Waals surface area (Å²) in [5.74, 6) is -1.79. The van der Waals surface area contributed by atoms with Crippen LogP contribution in [0, 0.1) is 16.5 Å². The lowest BCUT2D eigenvalue weighted by Gasteiger charge is -2.13. The Morgan fingerprint density at radius 2 is 1.72 bits per heavy atom. The van der Waals surface area contributed by atoms with Crippen LogP contribution in [0.4, 0.5) is 4.39 Å². The molecule has 0 fully saturated rings. The van der Waals surface area contributed by atoms with Gasteiger partial charge in [-0.3, -0.25) is 9.35 Å². The molecule has 0 saturated heterocycles. The van der Waals surface area contributed by atoms with Crippen molar-refractivity contribution in [1.29, 1.82) is 0 Å². The molecule has 100 valence electrons. The van der Waals surface area contributed by atoms with Crippen LogP contribution in [0.5, 0.6) is 5.75 Å². The lowest BCUT2D eigenvalue weighted by Crippen LogP contribution is -2.12. The maximum atomic E-state index is 13.8. The van der Waals surface area contributed by atoms with Crippen LogP contribution < -0.4 is 4.74 Å². The van der Waals surface area contributed by atoms with Crippen molar-refractivity contribution >= 4 is 83.9 Å². The largest absolute Gasteiger partial charge is 0.424 e. The van der Waals surface area contributed by atoms with Gasteiger partial charge in [0.15, 0.2) is 11.6 Å². The summed E-state index contributed by atoms with van der Waals surface area (Å²) in [5.41, 5.74) is 0. The van der Waals surface area contributed by atoms with Gasteiger partial charge in [0.1, 0.15) is 4.90 Å². The van der Waals surface area contributed by atoms with Crippen molar-refractivity contribution in [2.45, 2.75) is 11.8 Å². The van der Waals surface area contributed by atoms with Crippen LogP contribution in [-0.2, 0) is 14.9 Å². The molecule has 10 heteroatoms. The number of benzene rings is 1. The zero-order valence-electron chi connectivity index (χ0n) is 8.50. The topological polar surface area (TPSA) is 80.7 Å². The SMILES string of the molecule is CC(=O)Oc1c(I)c(F)c(I)c(S(=O)(=O)O)c1I. The maximum absolute atomic E-state index is 13.8. The summed E-state index contributed by atoms with van der Waals surface area (Å²) < 4.78 is 49.8. The van der Waals surface area contributed by atoms with Crippen molar-refractivity contribution in [2.24, 2.45) is 0 Å². The number of carbonyl (C=O) groups excluding carboxylic acids is 1. The van der Waals surface area contributed by atoms with Gasteiger partial charge >= 0.3 is 5.97 Å².